The highest BCUT2D eigenvalue weighted by Gasteiger charge is 2.55. The van der Waals surface area contributed by atoms with Crippen molar-refractivity contribution in [1.82, 2.24) is 80.6 Å². The van der Waals surface area contributed by atoms with E-state index in [1.165, 1.54) is 75.1 Å². The number of ketones is 1. The Morgan fingerprint density at radius 1 is 0.746 bits per heavy atom. The lowest BCUT2D eigenvalue weighted by Gasteiger charge is -2.50. The van der Waals surface area contributed by atoms with Gasteiger partial charge in [0.25, 0.3) is 17.7 Å². The molecule has 4 aliphatic heterocycles. The highest BCUT2D eigenvalue weighted by molar-refractivity contribution is 8.01. The third kappa shape index (κ3) is 11.0. The molecule has 2 fully saturated rings. The van der Waals surface area contributed by atoms with E-state index in [0.29, 0.717) is 80.7 Å². The van der Waals surface area contributed by atoms with E-state index in [1.807, 2.05) is 38.0 Å². The Hall–Kier alpha value is -4.98. The van der Waals surface area contributed by atoms with Crippen molar-refractivity contribution in [2.75, 3.05) is 75.3 Å². The first-order chi connectivity index (χ1) is 32.1. The minimum atomic E-state index is -0.864. The van der Waals surface area contributed by atoms with E-state index >= 15 is 0 Å². The molecule has 8 heterocycles. The lowest BCUT2D eigenvalue weighted by atomic mass is 10.0. The lowest BCUT2D eigenvalue weighted by molar-refractivity contribution is -0.147. The van der Waals surface area contributed by atoms with Crippen molar-refractivity contribution in [1.29, 1.82) is 0 Å². The molecule has 4 atom stereocenters. The number of amides is 5. The number of thioether (sulfide) groups is 4. The van der Waals surface area contributed by atoms with Crippen molar-refractivity contribution in [3.05, 3.63) is 44.7 Å². The van der Waals surface area contributed by atoms with Crippen molar-refractivity contribution in [2.24, 2.45) is 0 Å². The summed E-state index contributed by atoms with van der Waals surface area (Å²) in [6.45, 7) is 4.02. The second kappa shape index (κ2) is 21.1. The Labute approximate surface area is 408 Å². The monoisotopic (exact) mass is 1030 g/mol. The Morgan fingerprint density at radius 2 is 1.24 bits per heavy atom. The molecule has 0 spiro atoms. The molecule has 0 saturated carbocycles. The van der Waals surface area contributed by atoms with Crippen LogP contribution in [0.5, 0.6) is 0 Å². The summed E-state index contributed by atoms with van der Waals surface area (Å²) in [6, 6.07) is -1.71. The van der Waals surface area contributed by atoms with Gasteiger partial charge in [-0.1, -0.05) is 23.5 Å². The zero-order valence-corrected chi connectivity index (χ0v) is 41.7. The molecule has 4 aromatic heterocycles. The van der Waals surface area contributed by atoms with Gasteiger partial charge < -0.3 is 26.2 Å². The fraction of sp³-hybridized carbons (Fsp3) is 0.514. The van der Waals surface area contributed by atoms with Crippen LogP contribution in [-0.2, 0) is 54.7 Å². The van der Waals surface area contributed by atoms with Gasteiger partial charge in [-0.15, -0.1) is 56.4 Å². The summed E-state index contributed by atoms with van der Waals surface area (Å²) in [4.78, 5) is 96.2. The molecule has 5 N–H and O–H groups in total. The highest BCUT2D eigenvalue weighted by Crippen LogP contribution is 2.43. The smallest absolute Gasteiger partial charge is 0.274 e. The molecule has 30 heteroatoms. The number of aromatic nitrogens is 10. The van der Waals surface area contributed by atoms with Gasteiger partial charge in [-0.3, -0.25) is 43.9 Å². The van der Waals surface area contributed by atoms with Crippen LogP contribution in [0.1, 0.15) is 18.3 Å². The number of Topliss-reactive ketones (excluding diaryl/α,β-unsaturated/α-hetero) is 1. The minimum Gasteiger partial charge on any atom is -0.375 e. The fourth-order valence-electron chi connectivity index (χ4n) is 7.33. The average molecular weight is 1030 g/mol. The van der Waals surface area contributed by atoms with Crippen molar-refractivity contribution in [2.45, 2.75) is 66.0 Å². The highest BCUT2D eigenvalue weighted by atomic mass is 32.2. The second-order valence-corrected chi connectivity index (χ2v) is 21.9. The predicted octanol–water partition coefficient (Wildman–Crippen LogP) is -0.517. The number of allylic oxidation sites excluding steroid dienone is 1. The van der Waals surface area contributed by atoms with Crippen LogP contribution in [-0.4, -0.2) is 192 Å². The van der Waals surface area contributed by atoms with E-state index in [0.717, 1.165) is 23.5 Å². The van der Waals surface area contributed by atoms with Gasteiger partial charge in [-0.2, -0.15) is 0 Å². The SMILES string of the molecule is CC(=O)C1=C(CSc2nnnn2CCN(C)C)CS[C@@H]2[C@H](NC(=O)Cc3csc(NC(=O)C4=C(CSc5nnnn5CCN(C)C)CS[C@@H]5[C@H](NC(=O)Cc6csc(N)n6)C(=O)N45)n3)C(=O)N12. The largest absolute Gasteiger partial charge is 0.375 e. The fourth-order valence-corrected chi connectivity index (χ4v) is 13.4. The number of nitrogens with two attached hydrogens (primary N) is 1. The first-order valence-electron chi connectivity index (χ1n) is 20.6. The third-order valence-corrected chi connectivity index (χ3v) is 16.9. The maximum atomic E-state index is 14.2. The van der Waals surface area contributed by atoms with Gasteiger partial charge in [0, 0.05) is 53.8 Å². The van der Waals surface area contributed by atoms with Crippen LogP contribution in [0.15, 0.2) is 43.6 Å². The molecule has 8 rings (SSSR count). The molecule has 0 unspecified atom stereocenters. The van der Waals surface area contributed by atoms with Gasteiger partial charge in [-0.05, 0) is 60.2 Å². The van der Waals surface area contributed by atoms with Crippen LogP contribution in [0.2, 0.25) is 0 Å². The first kappa shape index (κ1) is 48.5. The van der Waals surface area contributed by atoms with E-state index < -0.39 is 46.5 Å². The summed E-state index contributed by atoms with van der Waals surface area (Å²) in [7, 11) is 7.81. The number of fused-ring (bicyclic) bond motifs is 2. The number of rotatable bonds is 21. The topological polar surface area (TPSA) is 290 Å². The standard InChI is InChI=1S/C37H46N18O6S6/c1-18(56)27-19(14-66-36-44-46-48-52(36)8-6-50(2)3)12-62-32-25(30(60)54(27)32)42-24(58)11-22-17-65-35(40-22)43-29(59)28-20(15-67-37-45-47-49-53(37)9-7-51(4)5)13-63-33-26(31(61)55(28)33)41-23(57)10-21-16-64-34(38)39-21/h16-17,25-26,32-33H,6-15H2,1-5H3,(H2,38,39)(H,41,57)(H,42,58)(H,40,43,59)/t25-,26-,32-,33-/m1/s1. The number of carbonyl (C=O) groups is 6. The number of nitrogen functional groups attached to an aromatic ring is 1. The summed E-state index contributed by atoms with van der Waals surface area (Å²) in [5.74, 6) is -0.962. The molecule has 67 heavy (non-hydrogen) atoms. The molecule has 5 amide bonds. The normalized spacial score (nSPS) is 20.2. The first-order valence-corrected chi connectivity index (χ1v) is 26.4. The van der Waals surface area contributed by atoms with Gasteiger partial charge in [-0.25, -0.2) is 19.3 Å². The maximum absolute atomic E-state index is 14.2. The van der Waals surface area contributed by atoms with E-state index in [9.17, 15) is 28.8 Å². The van der Waals surface area contributed by atoms with Crippen LogP contribution < -0.4 is 21.7 Å². The molecule has 4 aromatic rings. The number of nitrogens with zero attached hydrogens (tertiary/aromatic N) is 14. The van der Waals surface area contributed by atoms with E-state index in [-0.39, 0.29) is 35.4 Å². The van der Waals surface area contributed by atoms with E-state index in [4.69, 9.17) is 5.73 Å². The van der Waals surface area contributed by atoms with Gasteiger partial charge in [0.05, 0.1) is 43.0 Å². The third-order valence-electron chi connectivity index (χ3n) is 10.6. The molecule has 0 radical (unpaired) electrons. The molecular weight excluding hydrogens is 985 g/mol. The van der Waals surface area contributed by atoms with Gasteiger partial charge in [0.1, 0.15) is 28.5 Å². The average Bonchev–Trinajstić information content (AvgIpc) is 4.13. The molecule has 356 valence electrons. The van der Waals surface area contributed by atoms with Crippen LogP contribution in [0.25, 0.3) is 0 Å². The summed E-state index contributed by atoms with van der Waals surface area (Å²) >= 11 is 7.94. The predicted molar refractivity (Wildman–Crippen MR) is 254 cm³/mol. The van der Waals surface area contributed by atoms with Crippen LogP contribution in [0.4, 0.5) is 10.3 Å². The Morgan fingerprint density at radius 3 is 1.73 bits per heavy atom. The second-order valence-electron chi connectivity index (χ2n) is 16.1. The molecule has 4 aliphatic rings. The van der Waals surface area contributed by atoms with Crippen molar-refractivity contribution >= 4 is 115 Å². The lowest BCUT2D eigenvalue weighted by Crippen LogP contribution is -2.71. The summed E-state index contributed by atoms with van der Waals surface area (Å²) in [6.07, 6.45) is -0.234. The Balaban J connectivity index is 0.901. The molecule has 24 nitrogen and oxygen atoms in total. The molecule has 2 saturated heterocycles. The number of β-lactam (4-membered cyclic amide) rings is 2. The van der Waals surface area contributed by atoms with Gasteiger partial charge in [0.15, 0.2) is 16.0 Å². The Kier molecular flexibility index (Phi) is 15.3. The van der Waals surface area contributed by atoms with Gasteiger partial charge in [0.2, 0.25) is 22.1 Å². The van der Waals surface area contributed by atoms with Crippen molar-refractivity contribution in [3.63, 3.8) is 0 Å². The molecule has 0 aromatic carbocycles. The maximum Gasteiger partial charge on any atom is 0.274 e. The zero-order chi connectivity index (χ0) is 47.5. The molecule has 0 aliphatic carbocycles. The quantitative estimate of drug-likeness (QED) is 0.0603. The number of anilines is 2. The number of carbonyl (C=O) groups excluding carboxylic acids is 6. The van der Waals surface area contributed by atoms with Gasteiger partial charge >= 0.3 is 0 Å². The summed E-state index contributed by atoms with van der Waals surface area (Å²) in [5, 5.41) is 36.5. The number of likely N-dealkylation sites (N-methyl/N-ethyl adjacent to an activating group) is 2. The number of hydrogen-bond donors (Lipinski definition) is 4. The van der Waals surface area contributed by atoms with Crippen LogP contribution >= 0.6 is 69.7 Å². The number of nitrogens with one attached hydrogen (secondary N) is 3. The number of tetrazole rings is 2. The summed E-state index contributed by atoms with van der Waals surface area (Å²) in [5.41, 5.74) is 8.48. The van der Waals surface area contributed by atoms with Crippen LogP contribution in [0.3, 0.4) is 0 Å². The Bertz CT molecular complexity index is 2620. The molecular formula is C37H46N18O6S6. The van der Waals surface area contributed by atoms with Crippen molar-refractivity contribution in [3.8, 4) is 0 Å². The minimum absolute atomic E-state index is 0.0521. The number of thiazole rings is 2. The van der Waals surface area contributed by atoms with E-state index in [2.05, 4.69) is 57.0 Å². The zero-order valence-electron chi connectivity index (χ0n) is 36.8. The van der Waals surface area contributed by atoms with Crippen molar-refractivity contribution < 1.29 is 28.8 Å². The van der Waals surface area contributed by atoms with Crippen LogP contribution in [0, 0.1) is 0 Å². The number of hydrogen-bond acceptors (Lipinski definition) is 23. The van der Waals surface area contributed by atoms with E-state index in [1.54, 1.807) is 20.1 Å². The summed E-state index contributed by atoms with van der Waals surface area (Å²) < 4.78 is 3.38. The molecule has 0 bridgehead atoms.